The number of amides is 6. The fourth-order valence-corrected chi connectivity index (χ4v) is 15.4. The third-order valence-electron chi connectivity index (χ3n) is 21.4. The maximum Gasteiger partial charge on any atom is 0.256 e. The number of fused-ring (bicyclic) bond motifs is 16. The number of hydrogen-bond acceptors (Lipinski definition) is 31. The Bertz CT molecular complexity index is 4960. The number of ketones is 4. The number of methoxy groups -OCH3 is 1. The number of nitrogens with two attached hydrogens (primary N) is 3. The lowest BCUT2D eigenvalue weighted by Gasteiger charge is -2.47. The zero-order valence-corrected chi connectivity index (χ0v) is 69.4. The van der Waals surface area contributed by atoms with Crippen molar-refractivity contribution in [3.05, 3.63) is 134 Å². The van der Waals surface area contributed by atoms with Gasteiger partial charge in [-0.3, -0.25) is 47.9 Å². The normalized spacial score (nSPS) is 25.4. The van der Waals surface area contributed by atoms with Crippen LogP contribution in [0.15, 0.2) is 91.0 Å². The van der Waals surface area contributed by atoms with E-state index >= 15 is 14.4 Å². The number of phenolic OH excluding ortho intramolecular Hbond substituents is 3. The van der Waals surface area contributed by atoms with Gasteiger partial charge in [-0.25, -0.2) is 0 Å². The van der Waals surface area contributed by atoms with E-state index in [0.717, 1.165) is 49.4 Å². The summed E-state index contributed by atoms with van der Waals surface area (Å²) in [4.78, 5) is 143. The van der Waals surface area contributed by atoms with E-state index < -0.39 is 253 Å². The molecular formula is C84H100Cl2N8O29. The summed E-state index contributed by atoms with van der Waals surface area (Å²) in [5.74, 6) is -18.7. The van der Waals surface area contributed by atoms with Crippen molar-refractivity contribution in [1.82, 2.24) is 21.3 Å². The van der Waals surface area contributed by atoms with Crippen molar-refractivity contribution >= 4 is 87.5 Å². The summed E-state index contributed by atoms with van der Waals surface area (Å²) < 4.78 is 55.0. The molecule has 2 saturated heterocycles. The Kier molecular flexibility index (Phi) is 31.6. The predicted molar refractivity (Wildman–Crippen MR) is 435 cm³/mol. The van der Waals surface area contributed by atoms with E-state index in [4.69, 9.17) is 83.0 Å². The molecule has 21 N–H and O–H groups in total. The highest BCUT2D eigenvalue weighted by Gasteiger charge is 2.51. The minimum atomic E-state index is -2.15. The second-order valence-corrected chi connectivity index (χ2v) is 31.9. The van der Waals surface area contributed by atoms with Crippen molar-refractivity contribution in [1.29, 1.82) is 0 Å². The van der Waals surface area contributed by atoms with Crippen LogP contribution in [0.1, 0.15) is 154 Å². The summed E-state index contributed by atoms with van der Waals surface area (Å²) in [6.07, 6.45) is -21.3. The summed E-state index contributed by atoms with van der Waals surface area (Å²) in [6, 6.07) is 10.4. The van der Waals surface area contributed by atoms with Crippen LogP contribution in [0.4, 0.5) is 5.69 Å². The monoisotopic (exact) mass is 1750 g/mol. The number of carbonyl (C=O) groups is 10. The quantitative estimate of drug-likeness (QED) is 0.0266. The van der Waals surface area contributed by atoms with Crippen LogP contribution in [0.25, 0.3) is 11.1 Å². The summed E-state index contributed by atoms with van der Waals surface area (Å²) in [7, 11) is 2.74. The minimum Gasteiger partial charge on any atom is -0.508 e. The number of rotatable bonds is 26. The van der Waals surface area contributed by atoms with Crippen molar-refractivity contribution in [3.8, 4) is 68.6 Å². The molecule has 6 aromatic rings. The van der Waals surface area contributed by atoms with Gasteiger partial charge in [-0.05, 0) is 141 Å². The molecule has 6 aromatic carbocycles. The molecule has 6 aliphatic heterocycles. The molecular weight excluding hydrogens is 1660 g/mol. The Morgan fingerprint density at radius 3 is 2.02 bits per heavy atom. The number of phenols is 4. The number of aliphatic hydroxyl groups excluding tert-OH is 6. The molecule has 2 fully saturated rings. The van der Waals surface area contributed by atoms with Gasteiger partial charge in [0, 0.05) is 67.4 Å². The van der Waals surface area contributed by atoms with Crippen LogP contribution >= 0.6 is 23.2 Å². The molecule has 17 unspecified atom stereocenters. The standard InChI is InChI=1S/C84H100Cl2N8O29/c1-36(2)21-51(90-6)82(114)94-72-56(102)25-43(28-64(87)104)81(113)93-70-42-26-61(77(62(27-42)120-59-16-12-41(73(72)107)24-49(59)86)123-83-78(76(110)75(109)63(34-95)121-83)122-67-33-84(5,89)79(111)38(4)118-67)119-58-15-11-40(23-48(58)85)54(100)32-65(105)92-71(47-29-44(97)30-55(101)68(47)46-22-39(10-14-52(46)98)45(37(3)96)31-57(70)103)53(99)9-8-18-116-19-20-117-35-66(106)91-50-13-17-60(115-7)69(74(50)108)80(88)112/h10-17,22-24,26-27,29-30,36,38,43,45,51,54,63,67,70-73,75-76,78-79,83,90,95,97-98,100-101,107-111H,8-9,18-21,25,28,31-35,89H2,1-7H3,(H2,87,104)(H2,88,112)(H,91,106)(H,92,105)(H,93,113)(H,94,114). The molecule has 9 bridgehead atoms. The molecule has 17 atom stereocenters. The zero-order valence-electron chi connectivity index (χ0n) is 67.9. The fourth-order valence-electron chi connectivity index (χ4n) is 14.9. The second kappa shape index (κ2) is 41.2. The first kappa shape index (κ1) is 94.5. The highest BCUT2D eigenvalue weighted by atomic mass is 35.5. The number of nitrogens with one attached hydrogen (secondary N) is 5. The molecule has 0 aromatic heterocycles. The number of aliphatic hydroxyl groups is 6. The summed E-state index contributed by atoms with van der Waals surface area (Å²) >= 11 is 14.3. The molecule has 12 rings (SSSR count). The van der Waals surface area contributed by atoms with Gasteiger partial charge in [-0.15, -0.1) is 0 Å². The number of benzene rings is 6. The van der Waals surface area contributed by atoms with Gasteiger partial charge in [0.1, 0.15) is 95.0 Å². The fraction of sp³-hybridized carbons (Fsp3) is 0.452. The van der Waals surface area contributed by atoms with Gasteiger partial charge in [0.2, 0.25) is 41.6 Å². The number of Topliss-reactive ketones (excluding diaryl/α,β-unsaturated/α-hetero) is 4. The van der Waals surface area contributed by atoms with E-state index in [1.807, 2.05) is 13.8 Å². The van der Waals surface area contributed by atoms with E-state index in [1.165, 1.54) is 76.5 Å². The zero-order chi connectivity index (χ0) is 89.9. The van der Waals surface area contributed by atoms with Gasteiger partial charge in [-0.1, -0.05) is 55.2 Å². The highest BCUT2D eigenvalue weighted by Crippen LogP contribution is 2.51. The van der Waals surface area contributed by atoms with Gasteiger partial charge < -0.3 is 137 Å². The lowest BCUT2D eigenvalue weighted by atomic mass is 9.84. The van der Waals surface area contributed by atoms with Crippen molar-refractivity contribution in [2.75, 3.05) is 52.5 Å². The Morgan fingerprint density at radius 1 is 0.740 bits per heavy atom. The van der Waals surface area contributed by atoms with Crippen molar-refractivity contribution in [3.63, 3.8) is 0 Å². The van der Waals surface area contributed by atoms with Gasteiger partial charge in [0.15, 0.2) is 47.0 Å². The third-order valence-corrected chi connectivity index (χ3v) is 21.9. The average Bonchev–Trinajstić information content (AvgIpc) is 0.768. The first-order chi connectivity index (χ1) is 58.2. The predicted octanol–water partition coefficient (Wildman–Crippen LogP) is 4.31. The number of carbonyl (C=O) groups excluding carboxylic acids is 10. The maximum absolute atomic E-state index is 16.2. The first-order valence-corrected chi connectivity index (χ1v) is 40.0. The van der Waals surface area contributed by atoms with E-state index in [0.29, 0.717) is 0 Å². The van der Waals surface area contributed by atoms with Crippen LogP contribution in [-0.2, 0) is 66.8 Å². The van der Waals surface area contributed by atoms with Crippen LogP contribution < -0.4 is 62.7 Å². The van der Waals surface area contributed by atoms with Crippen LogP contribution in [0.3, 0.4) is 0 Å². The molecule has 39 heteroatoms. The van der Waals surface area contributed by atoms with E-state index in [1.54, 1.807) is 0 Å². The second-order valence-electron chi connectivity index (χ2n) is 31.1. The molecule has 0 radical (unpaired) electrons. The van der Waals surface area contributed by atoms with Crippen molar-refractivity contribution < 1.29 is 142 Å². The molecule has 0 saturated carbocycles. The van der Waals surface area contributed by atoms with Crippen molar-refractivity contribution in [2.45, 2.75) is 183 Å². The van der Waals surface area contributed by atoms with Crippen LogP contribution in [0, 0.1) is 11.8 Å². The maximum atomic E-state index is 16.2. The number of aromatic hydroxyl groups is 4. The number of likely N-dealkylation sites (N-methyl/N-ethyl adjacent to an activating group) is 1. The number of anilines is 1. The summed E-state index contributed by atoms with van der Waals surface area (Å²) in [5.41, 5.74) is 14.0. The summed E-state index contributed by atoms with van der Waals surface area (Å²) in [6.45, 7) is 5.73. The number of primary amides is 2. The number of ether oxygens (including phenoxy) is 9. The molecule has 6 amide bonds. The first-order valence-electron chi connectivity index (χ1n) is 39.3. The smallest absolute Gasteiger partial charge is 0.256 e. The molecule has 0 spiro atoms. The Balaban J connectivity index is 1.10. The Labute approximate surface area is 714 Å². The minimum absolute atomic E-state index is 0.0416. The lowest BCUT2D eigenvalue weighted by Crippen LogP contribution is -2.64. The molecule has 664 valence electrons. The molecule has 0 aliphatic carbocycles. The van der Waals surface area contributed by atoms with Crippen molar-refractivity contribution in [2.24, 2.45) is 29.0 Å². The van der Waals surface area contributed by atoms with Gasteiger partial charge in [-0.2, -0.15) is 0 Å². The van der Waals surface area contributed by atoms with Crippen LogP contribution in [0.5, 0.6) is 57.5 Å². The van der Waals surface area contributed by atoms with Gasteiger partial charge in [0.05, 0.1) is 79.4 Å². The van der Waals surface area contributed by atoms with E-state index in [2.05, 4.69) is 26.6 Å². The highest BCUT2D eigenvalue weighted by molar-refractivity contribution is 6.32. The van der Waals surface area contributed by atoms with E-state index in [-0.39, 0.29) is 117 Å². The number of hydrogen-bond donors (Lipinski definition) is 18. The SMILES string of the molecule is CNC(CC(C)C)C(=O)NC1C(=O)CC(CC(N)=O)C(=O)NC2C(=O)CC(C(C)=O)c3ccc(O)c(c3)-c3c(O)cc(O)cc3C(C(=O)CCCOCCOCC(=O)Nc3ccc(OC)c(C(N)=O)c3O)NC(=O)CC(O)c3ccc(c(Cl)c3)Oc3cc2cc(c3OC2OC(CO)C(O)C(O)C2OC2CC(C)(N)C(O)C(C)O2)Oc2ccc(cc2Cl)C1O. The lowest BCUT2D eigenvalue weighted by molar-refractivity contribution is -0.333. The molecule has 123 heavy (non-hydrogen) atoms. The largest absolute Gasteiger partial charge is 0.508 e. The van der Waals surface area contributed by atoms with Gasteiger partial charge >= 0.3 is 0 Å². The van der Waals surface area contributed by atoms with Crippen LogP contribution in [-0.4, -0.2) is 224 Å². The topological polar surface area (TPSA) is 594 Å². The molecule has 6 heterocycles. The molecule has 37 nitrogen and oxygen atoms in total. The number of halogens is 2. The average molecular weight is 1760 g/mol. The van der Waals surface area contributed by atoms with E-state index in [9.17, 15) is 84.6 Å². The molecule has 6 aliphatic rings. The third kappa shape index (κ3) is 22.8. The Morgan fingerprint density at radius 2 is 1.40 bits per heavy atom. The Hall–Kier alpha value is -10.7. The van der Waals surface area contributed by atoms with Crippen LogP contribution in [0.2, 0.25) is 10.0 Å². The summed E-state index contributed by atoms with van der Waals surface area (Å²) in [5, 5.41) is 128. The van der Waals surface area contributed by atoms with Gasteiger partial charge in [0.25, 0.3) is 5.91 Å².